The number of anilines is 2. The lowest BCUT2D eigenvalue weighted by molar-refractivity contribution is -0.123. The second-order valence-electron chi connectivity index (χ2n) is 8.81. The number of amides is 2. The molecule has 2 amide bonds. The highest BCUT2D eigenvalue weighted by Crippen LogP contribution is 2.30. The number of aromatic nitrogens is 1. The van der Waals surface area contributed by atoms with Gasteiger partial charge in [-0.25, -0.2) is 4.98 Å². The van der Waals surface area contributed by atoms with E-state index < -0.39 is 11.8 Å². The van der Waals surface area contributed by atoms with Crippen molar-refractivity contribution in [2.24, 2.45) is 0 Å². The third-order valence-electron chi connectivity index (χ3n) is 5.95. The van der Waals surface area contributed by atoms with Crippen molar-refractivity contribution < 1.29 is 14.3 Å². The number of ether oxygens (including phenoxy) is 1. The normalized spacial score (nSPS) is 13.5. The van der Waals surface area contributed by atoms with Crippen molar-refractivity contribution in [2.75, 3.05) is 44.0 Å². The zero-order valence-corrected chi connectivity index (χ0v) is 22.4. The van der Waals surface area contributed by atoms with Crippen LogP contribution in [0.2, 0.25) is 0 Å². The van der Waals surface area contributed by atoms with Crippen LogP contribution >= 0.6 is 23.6 Å². The van der Waals surface area contributed by atoms with Crippen LogP contribution in [0, 0.1) is 0 Å². The summed E-state index contributed by atoms with van der Waals surface area (Å²) in [5.41, 5.74) is 7.13. The minimum atomic E-state index is -0.460. The molecular formula is C26H30N6O3S2. The van der Waals surface area contributed by atoms with Crippen LogP contribution in [0.4, 0.5) is 11.4 Å². The van der Waals surface area contributed by atoms with E-state index in [2.05, 4.69) is 43.1 Å². The molecule has 3 N–H and O–H groups in total. The van der Waals surface area contributed by atoms with Crippen molar-refractivity contribution >= 4 is 51.9 Å². The molecule has 2 heterocycles. The van der Waals surface area contributed by atoms with Gasteiger partial charge in [0.1, 0.15) is 11.4 Å². The number of carbonyl (C=O) groups is 2. The Morgan fingerprint density at radius 3 is 2.46 bits per heavy atom. The van der Waals surface area contributed by atoms with E-state index >= 15 is 0 Å². The molecule has 0 unspecified atom stereocenters. The summed E-state index contributed by atoms with van der Waals surface area (Å²) < 4.78 is 5.36. The van der Waals surface area contributed by atoms with Gasteiger partial charge in [0.15, 0.2) is 11.7 Å². The molecule has 1 aromatic heterocycles. The van der Waals surface area contributed by atoms with Crippen LogP contribution < -0.4 is 25.8 Å². The zero-order valence-electron chi connectivity index (χ0n) is 20.8. The van der Waals surface area contributed by atoms with Crippen molar-refractivity contribution in [2.45, 2.75) is 18.8 Å². The van der Waals surface area contributed by atoms with Gasteiger partial charge in [-0.1, -0.05) is 18.2 Å². The number of carbonyl (C=O) groups excluding carboxylic acids is 2. The molecule has 0 bridgehead atoms. The molecule has 0 radical (unpaired) electrons. The number of nitrogens with zero attached hydrogens (tertiary/aromatic N) is 3. The second kappa shape index (κ2) is 12.5. The Labute approximate surface area is 225 Å². The molecule has 3 aromatic rings. The first-order chi connectivity index (χ1) is 17.9. The Morgan fingerprint density at radius 1 is 1.08 bits per heavy atom. The fourth-order valence-electron chi connectivity index (χ4n) is 3.85. The van der Waals surface area contributed by atoms with E-state index in [1.807, 2.05) is 44.4 Å². The van der Waals surface area contributed by atoms with Gasteiger partial charge in [0.2, 0.25) is 0 Å². The van der Waals surface area contributed by atoms with Gasteiger partial charge in [-0.05, 0) is 61.5 Å². The second-order valence-corrected chi connectivity index (χ2v) is 10.1. The zero-order chi connectivity index (χ0) is 26.2. The lowest BCUT2D eigenvalue weighted by Gasteiger charge is -2.33. The van der Waals surface area contributed by atoms with Gasteiger partial charge in [-0.2, -0.15) is 0 Å². The van der Waals surface area contributed by atoms with Crippen molar-refractivity contribution in [1.29, 1.82) is 0 Å². The number of likely N-dealkylation sites (tertiary alicyclic amines) is 1. The van der Waals surface area contributed by atoms with Gasteiger partial charge in [0.25, 0.3) is 11.8 Å². The predicted octanol–water partition coefficient (Wildman–Crippen LogP) is 3.63. The fourth-order valence-corrected chi connectivity index (χ4v) is 5.12. The summed E-state index contributed by atoms with van der Waals surface area (Å²) >= 11 is 7.09. The highest BCUT2D eigenvalue weighted by Gasteiger charge is 2.25. The lowest BCUT2D eigenvalue weighted by atomic mass is 9.98. The molecule has 0 spiro atoms. The van der Waals surface area contributed by atoms with E-state index in [9.17, 15) is 9.59 Å². The van der Waals surface area contributed by atoms with E-state index in [0.29, 0.717) is 10.9 Å². The van der Waals surface area contributed by atoms with Crippen LogP contribution in [0.3, 0.4) is 0 Å². The summed E-state index contributed by atoms with van der Waals surface area (Å²) in [5.74, 6) is -0.0786. The predicted molar refractivity (Wildman–Crippen MR) is 150 cm³/mol. The maximum absolute atomic E-state index is 12.4. The Morgan fingerprint density at radius 2 is 1.78 bits per heavy atom. The molecule has 0 aliphatic carbocycles. The van der Waals surface area contributed by atoms with Crippen molar-refractivity contribution in [3.63, 3.8) is 0 Å². The van der Waals surface area contributed by atoms with Crippen molar-refractivity contribution in [3.05, 3.63) is 70.7 Å². The van der Waals surface area contributed by atoms with Gasteiger partial charge in [0, 0.05) is 49.9 Å². The van der Waals surface area contributed by atoms with Crippen LogP contribution in [0.5, 0.6) is 5.75 Å². The molecule has 9 nitrogen and oxygen atoms in total. The molecule has 1 saturated heterocycles. The summed E-state index contributed by atoms with van der Waals surface area (Å²) in [5, 5.41) is 6.67. The van der Waals surface area contributed by atoms with Crippen LogP contribution in [0.25, 0.3) is 0 Å². The standard InChI is InChI=1S/C26H30N6O3S2/c1-31(2)20-10-8-19(9-11-20)27-26(36)32-14-12-18(13-15-32)25-28-22(17-37-25)24(34)30-29-23(33)16-35-21-6-4-3-5-7-21/h3-11,17-18H,12-16H2,1-2H3,(H,27,36)(H,29,33)(H,30,34). The minimum Gasteiger partial charge on any atom is -0.484 e. The first kappa shape index (κ1) is 26.4. The lowest BCUT2D eigenvalue weighted by Crippen LogP contribution is -2.44. The SMILES string of the molecule is CN(C)c1ccc(NC(=S)N2CCC(c3nc(C(=O)NNC(=O)COc4ccccc4)cs3)CC2)cc1. The summed E-state index contributed by atoms with van der Waals surface area (Å²) in [6.45, 7) is 1.42. The smallest absolute Gasteiger partial charge is 0.289 e. The number of thiocarbonyl (C=S) groups is 1. The van der Waals surface area contributed by atoms with Gasteiger partial charge in [0.05, 0.1) is 5.01 Å². The molecule has 0 atom stereocenters. The number of nitrogens with one attached hydrogen (secondary N) is 3. The number of thiazole rings is 1. The molecule has 37 heavy (non-hydrogen) atoms. The largest absolute Gasteiger partial charge is 0.484 e. The number of rotatable bonds is 7. The summed E-state index contributed by atoms with van der Waals surface area (Å²) in [6, 6.07) is 17.1. The van der Waals surface area contributed by atoms with Crippen LogP contribution in [0.15, 0.2) is 60.0 Å². The van der Waals surface area contributed by atoms with E-state index in [1.54, 1.807) is 17.5 Å². The molecule has 4 rings (SSSR count). The van der Waals surface area contributed by atoms with E-state index in [0.717, 1.165) is 42.3 Å². The minimum absolute atomic E-state index is 0.205. The van der Waals surface area contributed by atoms with Crippen LogP contribution in [-0.4, -0.2) is 60.6 Å². The van der Waals surface area contributed by atoms with Gasteiger partial charge < -0.3 is 19.9 Å². The quantitative estimate of drug-likeness (QED) is 0.310. The monoisotopic (exact) mass is 538 g/mol. The molecule has 0 saturated carbocycles. The summed E-state index contributed by atoms with van der Waals surface area (Å²) in [4.78, 5) is 33.1. The molecule has 1 aliphatic rings. The number of hydrazine groups is 1. The van der Waals surface area contributed by atoms with E-state index in [4.69, 9.17) is 17.0 Å². The maximum atomic E-state index is 12.4. The average Bonchev–Trinajstić information content (AvgIpc) is 3.42. The Kier molecular flexibility index (Phi) is 8.91. The van der Waals surface area contributed by atoms with Gasteiger partial charge >= 0.3 is 0 Å². The number of para-hydroxylation sites is 1. The molecule has 194 valence electrons. The fraction of sp³-hybridized carbons (Fsp3) is 0.308. The Bertz CT molecular complexity index is 1210. The first-order valence-corrected chi connectivity index (χ1v) is 13.2. The summed E-state index contributed by atoms with van der Waals surface area (Å²) in [7, 11) is 4.02. The average molecular weight is 539 g/mol. The maximum Gasteiger partial charge on any atom is 0.289 e. The van der Waals surface area contributed by atoms with Gasteiger partial charge in [-0.15, -0.1) is 11.3 Å². The molecular weight excluding hydrogens is 508 g/mol. The molecule has 11 heteroatoms. The van der Waals surface area contributed by atoms with Crippen molar-refractivity contribution in [3.8, 4) is 5.75 Å². The third-order valence-corrected chi connectivity index (χ3v) is 7.32. The molecule has 2 aromatic carbocycles. The Balaban J connectivity index is 1.20. The van der Waals surface area contributed by atoms with Gasteiger partial charge in [-0.3, -0.25) is 20.4 Å². The highest BCUT2D eigenvalue weighted by atomic mass is 32.1. The highest BCUT2D eigenvalue weighted by molar-refractivity contribution is 7.80. The number of benzene rings is 2. The number of hydrogen-bond donors (Lipinski definition) is 3. The first-order valence-electron chi connectivity index (χ1n) is 11.9. The molecule has 1 aliphatic heterocycles. The molecule has 1 fully saturated rings. The van der Waals surface area contributed by atoms with Crippen molar-refractivity contribution in [1.82, 2.24) is 20.7 Å². The summed E-state index contributed by atoms with van der Waals surface area (Å²) in [6.07, 6.45) is 1.78. The van der Waals surface area contributed by atoms with E-state index in [-0.39, 0.29) is 18.2 Å². The third kappa shape index (κ3) is 7.40. The van der Waals surface area contributed by atoms with Crippen LogP contribution in [0.1, 0.15) is 34.3 Å². The van der Waals surface area contributed by atoms with E-state index in [1.165, 1.54) is 11.3 Å². The number of hydrogen-bond acceptors (Lipinski definition) is 7. The Hall–Kier alpha value is -3.70. The topological polar surface area (TPSA) is 98.8 Å². The number of piperidine rings is 1. The van der Waals surface area contributed by atoms with Crippen LogP contribution in [-0.2, 0) is 4.79 Å².